The van der Waals surface area contributed by atoms with E-state index in [2.05, 4.69) is 28.2 Å². The van der Waals surface area contributed by atoms with Gasteiger partial charge in [-0.15, -0.1) is 0 Å². The average Bonchev–Trinajstić information content (AvgIpc) is 2.48. The van der Waals surface area contributed by atoms with Crippen LogP contribution in [0.3, 0.4) is 0 Å². The molecule has 0 saturated carbocycles. The van der Waals surface area contributed by atoms with Crippen LogP contribution >= 0.6 is 0 Å². The Hall–Kier alpha value is -1.60. The summed E-state index contributed by atoms with van der Waals surface area (Å²) in [5, 5.41) is 12.6. The van der Waals surface area contributed by atoms with Crippen LogP contribution in [0.5, 0.6) is 0 Å². The van der Waals surface area contributed by atoms with E-state index in [1.807, 2.05) is 12.1 Å². The van der Waals surface area contributed by atoms with Gasteiger partial charge in [0, 0.05) is 19.3 Å². The molecule has 0 aliphatic carbocycles. The van der Waals surface area contributed by atoms with Crippen LogP contribution in [0.15, 0.2) is 18.3 Å². The maximum absolute atomic E-state index is 9.19. The first kappa shape index (κ1) is 13.8. The Labute approximate surface area is 115 Å². The normalized spacial score (nSPS) is 16.0. The summed E-state index contributed by atoms with van der Waals surface area (Å²) in [5.74, 6) is 0.722. The number of nitriles is 1. The van der Waals surface area contributed by atoms with E-state index in [1.165, 1.54) is 12.8 Å². The molecule has 102 valence electrons. The first-order chi connectivity index (χ1) is 9.35. The first-order valence-corrected chi connectivity index (χ1v) is 7.16. The Morgan fingerprint density at radius 3 is 2.95 bits per heavy atom. The molecule has 2 heterocycles. The van der Waals surface area contributed by atoms with Gasteiger partial charge in [0.1, 0.15) is 6.07 Å². The van der Waals surface area contributed by atoms with Crippen molar-refractivity contribution in [2.75, 3.05) is 31.1 Å². The SMILES string of the molecule is CCCN(CC1CCNCC1)c1cccnc1C#N. The number of aromatic nitrogens is 1. The monoisotopic (exact) mass is 258 g/mol. The minimum Gasteiger partial charge on any atom is -0.369 e. The molecule has 1 fully saturated rings. The van der Waals surface area contributed by atoms with Gasteiger partial charge in [-0.1, -0.05) is 6.92 Å². The van der Waals surface area contributed by atoms with Gasteiger partial charge in [0.05, 0.1) is 5.69 Å². The number of nitrogens with zero attached hydrogens (tertiary/aromatic N) is 3. The quantitative estimate of drug-likeness (QED) is 0.879. The molecule has 0 unspecified atom stereocenters. The molecule has 4 heteroatoms. The fourth-order valence-electron chi connectivity index (χ4n) is 2.69. The summed E-state index contributed by atoms with van der Waals surface area (Å²) >= 11 is 0. The molecule has 19 heavy (non-hydrogen) atoms. The zero-order valence-electron chi connectivity index (χ0n) is 11.6. The van der Waals surface area contributed by atoms with Crippen molar-refractivity contribution in [2.24, 2.45) is 5.92 Å². The molecule has 0 radical (unpaired) electrons. The summed E-state index contributed by atoms with van der Waals surface area (Å²) in [7, 11) is 0. The molecule has 1 saturated heterocycles. The van der Waals surface area contributed by atoms with E-state index in [0.29, 0.717) is 5.69 Å². The highest BCUT2D eigenvalue weighted by Crippen LogP contribution is 2.22. The smallest absolute Gasteiger partial charge is 0.163 e. The highest BCUT2D eigenvalue weighted by Gasteiger charge is 2.18. The molecule has 1 aliphatic heterocycles. The van der Waals surface area contributed by atoms with Crippen molar-refractivity contribution in [2.45, 2.75) is 26.2 Å². The minimum atomic E-state index is 0.546. The number of piperidine rings is 1. The molecule has 4 nitrogen and oxygen atoms in total. The third-order valence-electron chi connectivity index (χ3n) is 3.66. The van der Waals surface area contributed by atoms with E-state index in [4.69, 9.17) is 0 Å². The van der Waals surface area contributed by atoms with Gasteiger partial charge in [-0.3, -0.25) is 0 Å². The topological polar surface area (TPSA) is 52.0 Å². The van der Waals surface area contributed by atoms with Gasteiger partial charge in [-0.05, 0) is 50.4 Å². The van der Waals surface area contributed by atoms with Crippen molar-refractivity contribution in [3.63, 3.8) is 0 Å². The molecule has 1 aromatic rings. The Bertz CT molecular complexity index is 432. The second kappa shape index (κ2) is 7.10. The lowest BCUT2D eigenvalue weighted by molar-refractivity contribution is 0.373. The van der Waals surface area contributed by atoms with E-state index >= 15 is 0 Å². The van der Waals surface area contributed by atoms with Crippen molar-refractivity contribution in [3.8, 4) is 6.07 Å². The third kappa shape index (κ3) is 3.68. The van der Waals surface area contributed by atoms with Crippen LogP contribution in [0.2, 0.25) is 0 Å². The largest absolute Gasteiger partial charge is 0.369 e. The predicted octanol–water partition coefficient (Wildman–Crippen LogP) is 2.17. The van der Waals surface area contributed by atoms with E-state index in [1.54, 1.807) is 6.20 Å². The first-order valence-electron chi connectivity index (χ1n) is 7.16. The maximum Gasteiger partial charge on any atom is 0.163 e. The number of nitrogens with one attached hydrogen (secondary N) is 1. The van der Waals surface area contributed by atoms with Crippen LogP contribution in [0.1, 0.15) is 31.9 Å². The molecule has 0 atom stereocenters. The van der Waals surface area contributed by atoms with Crippen LogP contribution in [0, 0.1) is 17.2 Å². The summed E-state index contributed by atoms with van der Waals surface area (Å²) in [6.45, 7) is 6.43. The lowest BCUT2D eigenvalue weighted by Gasteiger charge is -2.31. The summed E-state index contributed by atoms with van der Waals surface area (Å²) in [6.07, 6.45) is 5.23. The highest BCUT2D eigenvalue weighted by atomic mass is 15.1. The molecular weight excluding hydrogens is 236 g/mol. The van der Waals surface area contributed by atoms with Gasteiger partial charge in [-0.2, -0.15) is 5.26 Å². The van der Waals surface area contributed by atoms with Crippen molar-refractivity contribution in [1.29, 1.82) is 5.26 Å². The minimum absolute atomic E-state index is 0.546. The van der Waals surface area contributed by atoms with Crippen LogP contribution in [0.25, 0.3) is 0 Å². The average molecular weight is 258 g/mol. The van der Waals surface area contributed by atoms with Crippen molar-refractivity contribution in [3.05, 3.63) is 24.0 Å². The fourth-order valence-corrected chi connectivity index (χ4v) is 2.69. The Morgan fingerprint density at radius 1 is 1.47 bits per heavy atom. The second-order valence-electron chi connectivity index (χ2n) is 5.12. The zero-order chi connectivity index (χ0) is 13.5. The van der Waals surface area contributed by atoms with Gasteiger partial charge in [-0.25, -0.2) is 4.98 Å². The van der Waals surface area contributed by atoms with Gasteiger partial charge in [0.15, 0.2) is 5.69 Å². The molecule has 0 bridgehead atoms. The molecule has 0 amide bonds. The molecular formula is C15H22N4. The fraction of sp³-hybridized carbons (Fsp3) is 0.600. The Kier molecular flexibility index (Phi) is 5.17. The lowest BCUT2D eigenvalue weighted by atomic mass is 9.97. The van der Waals surface area contributed by atoms with Gasteiger partial charge in [0.2, 0.25) is 0 Å². The van der Waals surface area contributed by atoms with E-state index in [-0.39, 0.29) is 0 Å². The number of anilines is 1. The molecule has 0 aromatic carbocycles. The Balaban J connectivity index is 2.12. The maximum atomic E-state index is 9.19. The summed E-state index contributed by atoms with van der Waals surface area (Å²) in [4.78, 5) is 6.51. The predicted molar refractivity (Wildman–Crippen MR) is 77.0 cm³/mol. The molecule has 0 spiro atoms. The van der Waals surface area contributed by atoms with E-state index in [9.17, 15) is 5.26 Å². The lowest BCUT2D eigenvalue weighted by Crippen LogP contribution is -2.37. The highest BCUT2D eigenvalue weighted by molar-refractivity contribution is 5.55. The standard InChI is InChI=1S/C15H22N4/c1-2-10-19(12-13-5-8-17-9-6-13)15-4-3-7-18-14(15)11-16/h3-4,7,13,17H,2,5-6,8-10,12H2,1H3. The Morgan fingerprint density at radius 2 is 2.26 bits per heavy atom. The van der Waals surface area contributed by atoms with Crippen LogP contribution in [-0.4, -0.2) is 31.2 Å². The molecule has 2 rings (SSSR count). The number of pyridine rings is 1. The second-order valence-corrected chi connectivity index (χ2v) is 5.12. The van der Waals surface area contributed by atoms with Gasteiger partial charge >= 0.3 is 0 Å². The zero-order valence-corrected chi connectivity index (χ0v) is 11.6. The van der Waals surface area contributed by atoms with Crippen molar-refractivity contribution in [1.82, 2.24) is 10.3 Å². The number of hydrogen-bond acceptors (Lipinski definition) is 4. The molecule has 1 aromatic heterocycles. The molecule has 1 aliphatic rings. The summed E-state index contributed by atoms with van der Waals surface area (Å²) in [6, 6.07) is 6.14. The van der Waals surface area contributed by atoms with Crippen molar-refractivity contribution < 1.29 is 0 Å². The molecule has 1 N–H and O–H groups in total. The van der Waals surface area contributed by atoms with Gasteiger partial charge in [0.25, 0.3) is 0 Å². The number of hydrogen-bond donors (Lipinski definition) is 1. The van der Waals surface area contributed by atoms with Crippen LogP contribution < -0.4 is 10.2 Å². The van der Waals surface area contributed by atoms with Crippen molar-refractivity contribution >= 4 is 5.69 Å². The summed E-state index contributed by atoms with van der Waals surface area (Å²) < 4.78 is 0. The van der Waals surface area contributed by atoms with Crippen LogP contribution in [0.4, 0.5) is 5.69 Å². The third-order valence-corrected chi connectivity index (χ3v) is 3.66. The number of rotatable bonds is 5. The van der Waals surface area contributed by atoms with Gasteiger partial charge < -0.3 is 10.2 Å². The summed E-state index contributed by atoms with van der Waals surface area (Å²) in [5.41, 5.74) is 1.54. The van der Waals surface area contributed by atoms with E-state index in [0.717, 1.165) is 44.2 Å². The van der Waals surface area contributed by atoms with E-state index < -0.39 is 0 Å². The van der Waals surface area contributed by atoms with Crippen LogP contribution in [-0.2, 0) is 0 Å².